The van der Waals surface area contributed by atoms with Crippen molar-refractivity contribution in [2.24, 2.45) is 0 Å². The molecule has 2 rings (SSSR count). The second-order valence-corrected chi connectivity index (χ2v) is 8.13. The molecule has 0 spiro atoms. The minimum atomic E-state index is -3.26. The van der Waals surface area contributed by atoms with Gasteiger partial charge in [0.05, 0.1) is 0 Å². The van der Waals surface area contributed by atoms with Crippen LogP contribution in [0.1, 0.15) is 11.1 Å². The molecule has 2 aromatic carbocycles. The van der Waals surface area contributed by atoms with Gasteiger partial charge in [-0.15, -0.1) is 0 Å². The first kappa shape index (κ1) is 14.2. The first-order valence-corrected chi connectivity index (χ1v) is 9.78. The summed E-state index contributed by atoms with van der Waals surface area (Å²) < 4.78 is 25.7. The molecule has 0 aromatic heterocycles. The summed E-state index contributed by atoms with van der Waals surface area (Å²) >= 11 is -0.0525. The van der Waals surface area contributed by atoms with E-state index in [1.54, 1.807) is 12.1 Å². The van der Waals surface area contributed by atoms with Crippen LogP contribution < -0.4 is 4.35 Å². The van der Waals surface area contributed by atoms with Gasteiger partial charge in [-0.25, -0.2) is 0 Å². The molecule has 0 aliphatic carbocycles. The van der Waals surface area contributed by atoms with Crippen LogP contribution in [0.3, 0.4) is 0 Å². The summed E-state index contributed by atoms with van der Waals surface area (Å²) in [6.07, 6.45) is 0. The summed E-state index contributed by atoms with van der Waals surface area (Å²) in [5.74, 6) is 0.0456. The molecule has 0 fully saturated rings. The van der Waals surface area contributed by atoms with Gasteiger partial charge in [0.2, 0.25) is 0 Å². The predicted octanol–water partition coefficient (Wildman–Crippen LogP) is 1.73. The van der Waals surface area contributed by atoms with Crippen molar-refractivity contribution in [3.63, 3.8) is 0 Å². The van der Waals surface area contributed by atoms with Crippen LogP contribution in [0.4, 0.5) is 0 Å². The average Bonchev–Trinajstić information content (AvgIpc) is 2.40. The third-order valence-corrected chi connectivity index (χ3v) is 5.95. The Kier molecular flexibility index (Phi) is 4.38. The summed E-state index contributed by atoms with van der Waals surface area (Å²) in [5, 5.41) is 3.89. The topological polar surface area (TPSA) is 34.1 Å². The van der Waals surface area contributed by atoms with Crippen molar-refractivity contribution in [2.45, 2.75) is 17.6 Å². The van der Waals surface area contributed by atoms with E-state index in [4.69, 9.17) is 0 Å². The maximum atomic E-state index is 12.3. The molecule has 0 saturated heterocycles. The van der Waals surface area contributed by atoms with Gasteiger partial charge in [0, 0.05) is 0 Å². The summed E-state index contributed by atoms with van der Waals surface area (Å²) in [5.41, 5.74) is 1.88. The van der Waals surface area contributed by atoms with Crippen LogP contribution in [0.25, 0.3) is 0 Å². The zero-order valence-corrected chi connectivity index (χ0v) is 13.4. The second-order valence-electron chi connectivity index (χ2n) is 4.40. The van der Waals surface area contributed by atoms with E-state index in [2.05, 4.69) is 5.31 Å². The van der Waals surface area contributed by atoms with Crippen molar-refractivity contribution in [1.29, 1.82) is 0 Å². The van der Waals surface area contributed by atoms with Gasteiger partial charge in [0.1, 0.15) is 0 Å². The average molecular weight is 334 g/mol. The number of sulfone groups is 1. The summed E-state index contributed by atoms with van der Waals surface area (Å²) in [4.78, 5) is 0.380. The second kappa shape index (κ2) is 5.85. The SMILES string of the molecule is C=[As]c1ccc(CS(=O)(=O)c2ccc(C)cc2)cc1. The van der Waals surface area contributed by atoms with E-state index in [1.165, 1.54) is 4.35 Å². The maximum absolute atomic E-state index is 12.3. The molecule has 2 nitrogen and oxygen atoms in total. The Balaban J connectivity index is 2.25. The molecule has 2 aromatic rings. The fraction of sp³-hybridized carbons (Fsp3) is 0.133. The first-order valence-electron chi connectivity index (χ1n) is 5.86. The molecule has 0 N–H and O–H groups in total. The summed E-state index contributed by atoms with van der Waals surface area (Å²) in [7, 11) is -3.26. The fourth-order valence-corrected chi connectivity index (χ4v) is 3.85. The van der Waals surface area contributed by atoms with Crippen molar-refractivity contribution < 1.29 is 8.42 Å². The summed E-state index contributed by atoms with van der Waals surface area (Å²) in [6, 6.07) is 14.7. The fourth-order valence-electron chi connectivity index (χ4n) is 1.75. The quantitative estimate of drug-likeness (QED) is 0.798. The van der Waals surface area contributed by atoms with Crippen molar-refractivity contribution in [2.75, 3.05) is 0 Å². The van der Waals surface area contributed by atoms with Crippen LogP contribution in [0, 0.1) is 6.92 Å². The van der Waals surface area contributed by atoms with Gasteiger partial charge in [-0.05, 0) is 0 Å². The van der Waals surface area contributed by atoms with E-state index in [1.807, 2.05) is 43.3 Å². The van der Waals surface area contributed by atoms with E-state index in [0.717, 1.165) is 11.1 Å². The Morgan fingerprint density at radius 3 is 2.11 bits per heavy atom. The Morgan fingerprint density at radius 2 is 1.58 bits per heavy atom. The molecule has 0 amide bonds. The molecule has 0 aliphatic heterocycles. The predicted molar refractivity (Wildman–Crippen MR) is 81.0 cm³/mol. The molecule has 0 aliphatic rings. The third-order valence-electron chi connectivity index (χ3n) is 2.86. The van der Waals surface area contributed by atoms with Crippen LogP contribution in [0.5, 0.6) is 0 Å². The van der Waals surface area contributed by atoms with Crippen LogP contribution in [-0.4, -0.2) is 29.0 Å². The number of hydrogen-bond acceptors (Lipinski definition) is 2. The molecule has 19 heavy (non-hydrogen) atoms. The Hall–Kier alpha value is -1.18. The van der Waals surface area contributed by atoms with Crippen molar-refractivity contribution in [1.82, 2.24) is 0 Å². The standard InChI is InChI=1S/C15H15AsO2S/c1-12-3-9-15(10-4-12)19(17,18)11-13-5-7-14(16-2)8-6-13/h3-10H,2,11H2,1H3. The Labute approximate surface area is 120 Å². The van der Waals surface area contributed by atoms with Crippen LogP contribution in [0.15, 0.2) is 53.4 Å². The molecule has 0 heterocycles. The van der Waals surface area contributed by atoms with Gasteiger partial charge < -0.3 is 0 Å². The van der Waals surface area contributed by atoms with Crippen LogP contribution >= 0.6 is 0 Å². The molecule has 0 saturated carbocycles. The number of hydrogen-bond donors (Lipinski definition) is 0. The zero-order chi connectivity index (χ0) is 13.9. The third kappa shape index (κ3) is 3.65. The van der Waals surface area contributed by atoms with Crippen LogP contribution in [-0.2, 0) is 15.6 Å². The van der Waals surface area contributed by atoms with Gasteiger partial charge in [-0.3, -0.25) is 0 Å². The Bertz CT molecular complexity index is 671. The van der Waals surface area contributed by atoms with Gasteiger partial charge in [0.25, 0.3) is 0 Å². The molecule has 0 radical (unpaired) electrons. The molecule has 0 unspecified atom stereocenters. The van der Waals surface area contributed by atoms with Crippen molar-refractivity contribution in [3.8, 4) is 0 Å². The molecular weight excluding hydrogens is 319 g/mol. The van der Waals surface area contributed by atoms with E-state index >= 15 is 0 Å². The zero-order valence-electron chi connectivity index (χ0n) is 10.7. The number of rotatable bonds is 4. The van der Waals surface area contributed by atoms with E-state index in [-0.39, 0.29) is 21.1 Å². The first-order chi connectivity index (χ1) is 9.01. The van der Waals surface area contributed by atoms with Gasteiger partial charge in [-0.2, -0.15) is 0 Å². The molecular formula is C15H15AsO2S. The van der Waals surface area contributed by atoms with E-state index < -0.39 is 9.84 Å². The number of aryl methyl sites for hydroxylation is 1. The Morgan fingerprint density at radius 1 is 1.00 bits per heavy atom. The van der Waals surface area contributed by atoms with Crippen LogP contribution in [0.2, 0.25) is 0 Å². The minimum absolute atomic E-state index is 0.0456. The monoisotopic (exact) mass is 334 g/mol. The van der Waals surface area contributed by atoms with E-state index in [0.29, 0.717) is 4.90 Å². The van der Waals surface area contributed by atoms with E-state index in [9.17, 15) is 8.42 Å². The number of benzene rings is 2. The van der Waals surface area contributed by atoms with Gasteiger partial charge in [0.15, 0.2) is 0 Å². The normalized spacial score (nSPS) is 11.6. The molecule has 0 bridgehead atoms. The van der Waals surface area contributed by atoms with Gasteiger partial charge in [-0.1, -0.05) is 0 Å². The molecule has 4 heteroatoms. The summed E-state index contributed by atoms with van der Waals surface area (Å²) in [6.45, 7) is 1.94. The van der Waals surface area contributed by atoms with Crippen molar-refractivity contribution >= 4 is 34.8 Å². The molecule has 0 atom stereocenters. The van der Waals surface area contributed by atoms with Crippen molar-refractivity contribution in [3.05, 3.63) is 59.7 Å². The van der Waals surface area contributed by atoms with Gasteiger partial charge >= 0.3 is 120 Å². The molecule has 98 valence electrons.